The zero-order chi connectivity index (χ0) is 20.7. The number of ether oxygens (including phenoxy) is 2. The summed E-state index contributed by atoms with van der Waals surface area (Å²) in [5.41, 5.74) is 0.320. The van der Waals surface area contributed by atoms with E-state index in [0.717, 1.165) is 5.69 Å². The van der Waals surface area contributed by atoms with Gasteiger partial charge in [-0.1, -0.05) is 0 Å². The van der Waals surface area contributed by atoms with E-state index in [1.54, 1.807) is 23.5 Å². The number of H-pyrrole nitrogens is 1. The molecule has 0 radical (unpaired) electrons. The Kier molecular flexibility index (Phi) is 7.03. The van der Waals surface area contributed by atoms with Crippen molar-refractivity contribution in [3.05, 3.63) is 24.3 Å². The number of rotatable bonds is 6. The van der Waals surface area contributed by atoms with Crippen molar-refractivity contribution in [1.29, 1.82) is 0 Å². The van der Waals surface area contributed by atoms with Gasteiger partial charge in [-0.15, -0.1) is 0 Å². The lowest BCUT2D eigenvalue weighted by molar-refractivity contribution is -0.151. The SMILES string of the molecule is CC(=O)OCC1(CC(=O)N2CCOCC2)CCN(C(=O)C=Cc2cnc[nH]2)CC1. The van der Waals surface area contributed by atoms with Crippen molar-refractivity contribution >= 4 is 23.9 Å². The fourth-order valence-corrected chi connectivity index (χ4v) is 3.70. The summed E-state index contributed by atoms with van der Waals surface area (Å²) < 4.78 is 10.6. The van der Waals surface area contributed by atoms with Gasteiger partial charge in [0.2, 0.25) is 11.8 Å². The smallest absolute Gasteiger partial charge is 0.302 e. The molecule has 1 aromatic rings. The van der Waals surface area contributed by atoms with Gasteiger partial charge >= 0.3 is 5.97 Å². The molecular formula is C20H28N4O5. The van der Waals surface area contributed by atoms with E-state index in [2.05, 4.69) is 9.97 Å². The lowest BCUT2D eigenvalue weighted by atomic mass is 9.75. The van der Waals surface area contributed by atoms with Crippen LogP contribution in [0.3, 0.4) is 0 Å². The van der Waals surface area contributed by atoms with Crippen molar-refractivity contribution < 1.29 is 23.9 Å². The van der Waals surface area contributed by atoms with Crippen LogP contribution in [0.4, 0.5) is 0 Å². The molecule has 158 valence electrons. The van der Waals surface area contributed by atoms with Gasteiger partial charge in [-0.3, -0.25) is 14.4 Å². The number of imidazole rings is 1. The van der Waals surface area contributed by atoms with E-state index in [4.69, 9.17) is 9.47 Å². The van der Waals surface area contributed by atoms with Crippen molar-refractivity contribution in [2.45, 2.75) is 26.2 Å². The normalized spacial score (nSPS) is 19.3. The summed E-state index contributed by atoms with van der Waals surface area (Å²) in [6.07, 6.45) is 7.94. The molecule has 0 saturated carbocycles. The maximum atomic E-state index is 12.8. The molecule has 3 heterocycles. The van der Waals surface area contributed by atoms with Crippen LogP contribution in [0.2, 0.25) is 0 Å². The summed E-state index contributed by atoms with van der Waals surface area (Å²) in [6, 6.07) is 0. The molecule has 2 aliphatic rings. The highest BCUT2D eigenvalue weighted by molar-refractivity contribution is 5.91. The molecular weight excluding hydrogens is 376 g/mol. The van der Waals surface area contributed by atoms with Gasteiger partial charge in [0.15, 0.2) is 0 Å². The van der Waals surface area contributed by atoms with Gasteiger partial charge in [-0.05, 0) is 18.9 Å². The lowest BCUT2D eigenvalue weighted by Crippen LogP contribution is -2.48. The summed E-state index contributed by atoms with van der Waals surface area (Å²) in [5, 5.41) is 0. The molecule has 2 saturated heterocycles. The molecule has 1 N–H and O–H groups in total. The highest BCUT2D eigenvalue weighted by atomic mass is 16.5. The zero-order valence-corrected chi connectivity index (χ0v) is 16.8. The monoisotopic (exact) mass is 404 g/mol. The molecule has 1 aromatic heterocycles. The predicted molar refractivity (Wildman–Crippen MR) is 105 cm³/mol. The Balaban J connectivity index is 1.60. The summed E-state index contributed by atoms with van der Waals surface area (Å²) in [7, 11) is 0. The topological polar surface area (TPSA) is 105 Å². The van der Waals surface area contributed by atoms with E-state index in [1.807, 2.05) is 4.90 Å². The molecule has 0 aromatic carbocycles. The lowest BCUT2D eigenvalue weighted by Gasteiger charge is -2.42. The molecule has 0 bridgehead atoms. The van der Waals surface area contributed by atoms with Crippen molar-refractivity contribution in [2.75, 3.05) is 46.0 Å². The first-order chi connectivity index (χ1) is 14.0. The van der Waals surface area contributed by atoms with Crippen molar-refractivity contribution in [3.63, 3.8) is 0 Å². The minimum Gasteiger partial charge on any atom is -0.465 e. The number of nitrogens with zero attached hydrogens (tertiary/aromatic N) is 3. The number of esters is 1. The Morgan fingerprint density at radius 2 is 1.93 bits per heavy atom. The van der Waals surface area contributed by atoms with Crippen LogP contribution in [-0.2, 0) is 23.9 Å². The van der Waals surface area contributed by atoms with Crippen molar-refractivity contribution in [1.82, 2.24) is 19.8 Å². The van der Waals surface area contributed by atoms with Crippen LogP contribution in [0.15, 0.2) is 18.6 Å². The van der Waals surface area contributed by atoms with Crippen LogP contribution in [0.5, 0.6) is 0 Å². The Hall–Kier alpha value is -2.68. The third kappa shape index (κ3) is 5.90. The largest absolute Gasteiger partial charge is 0.465 e. The predicted octanol–water partition coefficient (Wildman–Crippen LogP) is 0.844. The van der Waals surface area contributed by atoms with Crippen LogP contribution in [0.25, 0.3) is 6.08 Å². The average molecular weight is 404 g/mol. The molecule has 0 unspecified atom stereocenters. The molecule has 29 heavy (non-hydrogen) atoms. The number of hydrogen-bond donors (Lipinski definition) is 1. The summed E-state index contributed by atoms with van der Waals surface area (Å²) in [5.74, 6) is -0.385. The molecule has 0 aliphatic carbocycles. The molecule has 9 nitrogen and oxygen atoms in total. The van der Waals surface area contributed by atoms with Gasteiger partial charge < -0.3 is 24.3 Å². The third-order valence-electron chi connectivity index (χ3n) is 5.53. The number of likely N-dealkylation sites (tertiary alicyclic amines) is 1. The molecule has 2 aliphatic heterocycles. The average Bonchev–Trinajstić information content (AvgIpc) is 3.25. The Labute approximate surface area is 170 Å². The maximum Gasteiger partial charge on any atom is 0.302 e. The number of piperidine rings is 1. The number of amides is 2. The fourth-order valence-electron chi connectivity index (χ4n) is 3.70. The number of hydrogen-bond acceptors (Lipinski definition) is 6. The summed E-state index contributed by atoms with van der Waals surface area (Å²) >= 11 is 0. The van der Waals surface area contributed by atoms with E-state index in [0.29, 0.717) is 58.7 Å². The summed E-state index contributed by atoms with van der Waals surface area (Å²) in [4.78, 5) is 47.0. The fraction of sp³-hybridized carbons (Fsp3) is 0.600. The van der Waals surface area contributed by atoms with Gasteiger partial charge in [0.1, 0.15) is 0 Å². The van der Waals surface area contributed by atoms with E-state index >= 15 is 0 Å². The minimum absolute atomic E-state index is 0.0550. The number of carbonyl (C=O) groups is 3. The van der Waals surface area contributed by atoms with E-state index in [-0.39, 0.29) is 24.4 Å². The van der Waals surface area contributed by atoms with Crippen LogP contribution in [-0.4, -0.2) is 83.6 Å². The number of aromatic nitrogens is 2. The quantitative estimate of drug-likeness (QED) is 0.557. The Morgan fingerprint density at radius 1 is 1.21 bits per heavy atom. The van der Waals surface area contributed by atoms with Crippen molar-refractivity contribution in [3.8, 4) is 0 Å². The molecule has 2 amide bonds. The number of morpholine rings is 1. The maximum absolute atomic E-state index is 12.8. The molecule has 0 spiro atoms. The van der Waals surface area contributed by atoms with Gasteiger partial charge in [-0.25, -0.2) is 4.98 Å². The first-order valence-electron chi connectivity index (χ1n) is 9.92. The number of carbonyl (C=O) groups excluding carboxylic acids is 3. The Bertz CT molecular complexity index is 732. The second kappa shape index (κ2) is 9.69. The third-order valence-corrected chi connectivity index (χ3v) is 5.53. The van der Waals surface area contributed by atoms with Crippen LogP contribution in [0.1, 0.15) is 31.9 Å². The van der Waals surface area contributed by atoms with Gasteiger partial charge in [0, 0.05) is 51.0 Å². The number of aromatic amines is 1. The van der Waals surface area contributed by atoms with Crippen LogP contribution in [0, 0.1) is 5.41 Å². The standard InChI is InChI=1S/C20H28N4O5/c1-16(25)29-14-20(12-19(27)24-8-10-28-11-9-24)4-6-23(7-5-20)18(26)3-2-17-13-21-15-22-17/h2-3,13,15H,4-12,14H2,1H3,(H,21,22). The second-order valence-electron chi connectivity index (χ2n) is 7.62. The second-order valence-corrected chi connectivity index (χ2v) is 7.62. The molecule has 2 fully saturated rings. The highest BCUT2D eigenvalue weighted by Crippen LogP contribution is 2.36. The number of nitrogens with one attached hydrogen (secondary N) is 1. The molecule has 3 rings (SSSR count). The summed E-state index contributed by atoms with van der Waals surface area (Å²) in [6.45, 7) is 4.88. The van der Waals surface area contributed by atoms with Crippen molar-refractivity contribution in [2.24, 2.45) is 5.41 Å². The molecule has 0 atom stereocenters. The van der Waals surface area contributed by atoms with E-state index in [1.165, 1.54) is 13.0 Å². The van der Waals surface area contributed by atoms with Gasteiger partial charge in [-0.2, -0.15) is 0 Å². The van der Waals surface area contributed by atoms with E-state index in [9.17, 15) is 14.4 Å². The first kappa shape index (κ1) is 21.0. The van der Waals surface area contributed by atoms with Crippen LogP contribution >= 0.6 is 0 Å². The highest BCUT2D eigenvalue weighted by Gasteiger charge is 2.39. The van der Waals surface area contributed by atoms with Gasteiger partial charge in [0.05, 0.1) is 38.0 Å². The zero-order valence-electron chi connectivity index (χ0n) is 16.8. The van der Waals surface area contributed by atoms with Crippen LogP contribution < -0.4 is 0 Å². The minimum atomic E-state index is -0.440. The first-order valence-corrected chi connectivity index (χ1v) is 9.92. The Morgan fingerprint density at radius 3 is 2.55 bits per heavy atom. The van der Waals surface area contributed by atoms with Gasteiger partial charge in [0.25, 0.3) is 0 Å². The molecule has 9 heteroatoms. The van der Waals surface area contributed by atoms with E-state index < -0.39 is 5.41 Å².